The number of rotatable bonds is 5. The summed E-state index contributed by atoms with van der Waals surface area (Å²) in [4.78, 5) is 0. The SMILES string of the molecule is C[CH2][Hf]([CH]1C(C)=C(C)C(C)=C1C)[C]1(CC(C)C)C=Cc2cc3c(cc21)CCC3. The van der Waals surface area contributed by atoms with Gasteiger partial charge in [-0.05, 0) is 0 Å². The van der Waals surface area contributed by atoms with Crippen molar-refractivity contribution < 1.29 is 21.4 Å². The normalized spacial score (nSPS) is 24.0. The van der Waals surface area contributed by atoms with E-state index in [0.29, 0.717) is 3.17 Å². The van der Waals surface area contributed by atoms with Crippen molar-refractivity contribution in [2.24, 2.45) is 5.92 Å². The van der Waals surface area contributed by atoms with E-state index in [0.717, 1.165) is 9.59 Å². The Kier molecular flexibility index (Phi) is 5.53. The summed E-state index contributed by atoms with van der Waals surface area (Å²) in [5.74, 6) is 0.743. The molecule has 149 valence electrons. The van der Waals surface area contributed by atoms with E-state index < -0.39 is 21.4 Å². The van der Waals surface area contributed by atoms with E-state index in [1.54, 1.807) is 44.5 Å². The average Bonchev–Trinajstić information content (AvgIpc) is 3.30. The molecule has 1 heteroatoms. The van der Waals surface area contributed by atoms with Crippen LogP contribution in [0.15, 0.2) is 40.5 Å². The Morgan fingerprint density at radius 2 is 1.61 bits per heavy atom. The first-order chi connectivity index (χ1) is 13.3. The zero-order valence-electron chi connectivity index (χ0n) is 19.0. The first-order valence-electron chi connectivity index (χ1n) is 11.4. The molecule has 0 spiro atoms. The first kappa shape index (κ1) is 20.6. The molecule has 0 amide bonds. The van der Waals surface area contributed by atoms with Crippen LogP contribution in [0.5, 0.6) is 0 Å². The van der Waals surface area contributed by atoms with Gasteiger partial charge in [0, 0.05) is 0 Å². The average molecular weight is 540 g/mol. The van der Waals surface area contributed by atoms with E-state index in [1.165, 1.54) is 29.9 Å². The van der Waals surface area contributed by atoms with E-state index in [-0.39, 0.29) is 0 Å². The summed E-state index contributed by atoms with van der Waals surface area (Å²) in [6, 6.07) is 5.24. The van der Waals surface area contributed by atoms with E-state index in [4.69, 9.17) is 0 Å². The summed E-state index contributed by atoms with van der Waals surface area (Å²) in [6.07, 6.45) is 10.5. The van der Waals surface area contributed by atoms with E-state index in [9.17, 15) is 0 Å². The van der Waals surface area contributed by atoms with Gasteiger partial charge < -0.3 is 0 Å². The molecule has 0 aromatic heterocycles. The molecule has 3 aliphatic carbocycles. The molecule has 0 nitrogen and oxygen atoms in total. The van der Waals surface area contributed by atoms with E-state index >= 15 is 0 Å². The number of hydrogen-bond acceptors (Lipinski definition) is 0. The second-order valence-electron chi connectivity index (χ2n) is 9.89. The van der Waals surface area contributed by atoms with Gasteiger partial charge in [0.1, 0.15) is 0 Å². The van der Waals surface area contributed by atoms with Crippen LogP contribution in [0.1, 0.15) is 83.6 Å². The number of benzene rings is 1. The molecule has 1 unspecified atom stereocenters. The molecular formula is C27H37Hf. The van der Waals surface area contributed by atoms with Crippen molar-refractivity contribution in [3.05, 3.63) is 62.8 Å². The van der Waals surface area contributed by atoms with Crippen LogP contribution in [0.3, 0.4) is 0 Å². The molecule has 0 radical (unpaired) electrons. The van der Waals surface area contributed by atoms with Gasteiger partial charge in [0.05, 0.1) is 0 Å². The van der Waals surface area contributed by atoms with Gasteiger partial charge >= 0.3 is 181 Å². The molecule has 0 heterocycles. The monoisotopic (exact) mass is 541 g/mol. The molecule has 1 aromatic rings. The van der Waals surface area contributed by atoms with Crippen molar-refractivity contribution in [1.82, 2.24) is 0 Å². The number of allylic oxidation sites excluding steroid dienone is 5. The second kappa shape index (κ2) is 7.53. The number of aryl methyl sites for hydroxylation is 2. The predicted molar refractivity (Wildman–Crippen MR) is 120 cm³/mol. The van der Waals surface area contributed by atoms with Gasteiger partial charge in [0.2, 0.25) is 0 Å². The van der Waals surface area contributed by atoms with Gasteiger partial charge in [-0.15, -0.1) is 0 Å². The first-order valence-corrected chi connectivity index (χ1v) is 17.8. The standard InChI is InChI=1S/C16H19.C9H13.C2H5.Hf/c1-11(2)8-14-6-7-15-9-12-4-3-5-13(12)10-16(14)15;1-6-5-7(2)9(4)8(6)3;1-2;/h6-7,9-11H,3-5,8H2,1-2H3;5H,1-4H3;1H2,2H3;. The third-order valence-corrected chi connectivity index (χ3v) is 22.7. The Labute approximate surface area is 180 Å². The fourth-order valence-electron chi connectivity index (χ4n) is 6.37. The molecule has 4 rings (SSSR count). The third-order valence-electron chi connectivity index (χ3n) is 7.94. The van der Waals surface area contributed by atoms with Crippen LogP contribution >= 0.6 is 0 Å². The summed E-state index contributed by atoms with van der Waals surface area (Å²) in [6.45, 7) is 17.0. The Hall–Kier alpha value is -0.690. The Bertz CT molecular complexity index is 871. The van der Waals surface area contributed by atoms with Crippen LogP contribution < -0.4 is 0 Å². The fraction of sp³-hybridized carbons (Fsp3) is 0.556. The summed E-state index contributed by atoms with van der Waals surface area (Å²) < 4.78 is 2.63. The van der Waals surface area contributed by atoms with Crippen LogP contribution in [-0.2, 0) is 37.5 Å². The van der Waals surface area contributed by atoms with Gasteiger partial charge in [0.25, 0.3) is 0 Å². The predicted octanol–water partition coefficient (Wildman–Crippen LogP) is 7.97. The maximum atomic E-state index is 2.71. The molecule has 28 heavy (non-hydrogen) atoms. The quantitative estimate of drug-likeness (QED) is 0.333. The third kappa shape index (κ3) is 3.03. The zero-order valence-corrected chi connectivity index (χ0v) is 22.6. The second-order valence-corrected chi connectivity index (χ2v) is 21.5. The molecule has 3 aliphatic rings. The van der Waals surface area contributed by atoms with Crippen molar-refractivity contribution >= 4 is 6.08 Å². The van der Waals surface area contributed by atoms with Crippen LogP contribution in [-0.4, -0.2) is 0 Å². The molecule has 0 bridgehead atoms. The van der Waals surface area contributed by atoms with Gasteiger partial charge in [-0.1, -0.05) is 0 Å². The minimum absolute atomic E-state index is 0.388. The Morgan fingerprint density at radius 3 is 2.18 bits per heavy atom. The molecule has 0 fully saturated rings. The van der Waals surface area contributed by atoms with Gasteiger partial charge in [0.15, 0.2) is 0 Å². The molecule has 1 aromatic carbocycles. The summed E-state index contributed by atoms with van der Waals surface area (Å²) in [5.41, 5.74) is 13.2. The van der Waals surface area contributed by atoms with Gasteiger partial charge in [-0.2, -0.15) is 0 Å². The van der Waals surface area contributed by atoms with Crippen LogP contribution in [0.25, 0.3) is 6.08 Å². The molecule has 0 aliphatic heterocycles. The van der Waals surface area contributed by atoms with Crippen molar-refractivity contribution in [2.45, 2.75) is 85.2 Å². The minimum atomic E-state index is -2.13. The molecule has 0 saturated carbocycles. The molecule has 0 saturated heterocycles. The Morgan fingerprint density at radius 1 is 1.00 bits per heavy atom. The molecular weight excluding hydrogens is 503 g/mol. The number of fused-ring (bicyclic) bond motifs is 2. The van der Waals surface area contributed by atoms with Crippen molar-refractivity contribution in [1.29, 1.82) is 0 Å². The summed E-state index contributed by atoms with van der Waals surface area (Å²) in [7, 11) is 0. The van der Waals surface area contributed by atoms with E-state index in [2.05, 4.69) is 72.8 Å². The van der Waals surface area contributed by atoms with Gasteiger partial charge in [-0.25, -0.2) is 0 Å². The van der Waals surface area contributed by atoms with Crippen LogP contribution in [0.2, 0.25) is 7.85 Å². The van der Waals surface area contributed by atoms with Crippen molar-refractivity contribution in [2.75, 3.05) is 0 Å². The summed E-state index contributed by atoms with van der Waals surface area (Å²) in [5, 5.41) is 0. The summed E-state index contributed by atoms with van der Waals surface area (Å²) >= 11 is -2.13. The van der Waals surface area contributed by atoms with Crippen LogP contribution in [0.4, 0.5) is 0 Å². The Balaban J connectivity index is 1.88. The molecule has 0 N–H and O–H groups in total. The van der Waals surface area contributed by atoms with E-state index in [1.807, 2.05) is 0 Å². The van der Waals surface area contributed by atoms with Crippen LogP contribution in [0, 0.1) is 5.92 Å². The molecule has 1 atom stereocenters. The number of hydrogen-bond donors (Lipinski definition) is 0. The fourth-order valence-corrected chi connectivity index (χ4v) is 22.8. The van der Waals surface area contributed by atoms with Crippen molar-refractivity contribution in [3.8, 4) is 0 Å². The zero-order chi connectivity index (χ0) is 20.2. The topological polar surface area (TPSA) is 0 Å². The van der Waals surface area contributed by atoms with Crippen molar-refractivity contribution in [3.63, 3.8) is 0 Å². The maximum absolute atomic E-state index is 2.71. The van der Waals surface area contributed by atoms with Gasteiger partial charge in [-0.3, -0.25) is 0 Å².